The number of amides is 1. The van der Waals surface area contributed by atoms with Crippen molar-refractivity contribution in [3.8, 4) is 0 Å². The van der Waals surface area contributed by atoms with E-state index in [4.69, 9.17) is 11.6 Å². The van der Waals surface area contributed by atoms with Crippen LogP contribution in [0.3, 0.4) is 0 Å². The molecule has 1 amide bonds. The van der Waals surface area contributed by atoms with Crippen molar-refractivity contribution in [1.82, 2.24) is 10.6 Å². The second-order valence-corrected chi connectivity index (χ2v) is 1.92. The minimum Gasteiger partial charge on any atom is -0.358 e. The highest BCUT2D eigenvalue weighted by molar-refractivity contribution is 6.25. The molecule has 0 unspecified atom stereocenters. The van der Waals surface area contributed by atoms with Gasteiger partial charge in [0, 0.05) is 19.1 Å². The molecule has 0 aliphatic rings. The summed E-state index contributed by atoms with van der Waals surface area (Å²) in [6, 6.07) is 0. The molecule has 0 aromatic carbocycles. The average molecular weight is 163 g/mol. The fourth-order valence-electron chi connectivity index (χ4n) is 0.402. The van der Waals surface area contributed by atoms with E-state index in [1.807, 2.05) is 0 Å². The summed E-state index contributed by atoms with van der Waals surface area (Å²) in [4.78, 5) is 10.5. The number of rotatable bonds is 4. The van der Waals surface area contributed by atoms with E-state index in [-0.39, 0.29) is 5.91 Å². The van der Waals surface area contributed by atoms with Gasteiger partial charge in [0.15, 0.2) is 0 Å². The molecule has 0 radical (unpaired) electrons. The molecule has 0 spiro atoms. The molecule has 2 N–H and O–H groups in total. The molecule has 0 fully saturated rings. The minimum absolute atomic E-state index is 0.0250. The van der Waals surface area contributed by atoms with Gasteiger partial charge in [-0.25, -0.2) is 0 Å². The Hall–Kier alpha value is -0.540. The zero-order valence-electron chi connectivity index (χ0n) is 5.86. The summed E-state index contributed by atoms with van der Waals surface area (Å²) >= 11 is 5.23. The van der Waals surface area contributed by atoms with Crippen molar-refractivity contribution in [2.24, 2.45) is 0 Å². The van der Waals surface area contributed by atoms with Crippen molar-refractivity contribution in [2.75, 3.05) is 20.1 Å². The van der Waals surface area contributed by atoms with Crippen LogP contribution >= 0.6 is 11.6 Å². The van der Waals surface area contributed by atoms with Crippen LogP contribution in [0.1, 0.15) is 0 Å². The SMILES string of the molecule is CNC(=O)CNC/C=C/Cl. The average Bonchev–Trinajstić information content (AvgIpc) is 1.98. The van der Waals surface area contributed by atoms with E-state index in [0.717, 1.165) is 0 Å². The zero-order valence-corrected chi connectivity index (χ0v) is 6.61. The first-order valence-electron chi connectivity index (χ1n) is 2.97. The molecule has 0 aliphatic heterocycles. The summed E-state index contributed by atoms with van der Waals surface area (Å²) in [5.41, 5.74) is 1.41. The Morgan fingerprint density at radius 2 is 2.40 bits per heavy atom. The van der Waals surface area contributed by atoms with Crippen LogP contribution in [-0.2, 0) is 4.79 Å². The number of carbonyl (C=O) groups is 1. The second-order valence-electron chi connectivity index (χ2n) is 1.67. The van der Waals surface area contributed by atoms with Gasteiger partial charge in [0.2, 0.25) is 5.91 Å². The lowest BCUT2D eigenvalue weighted by molar-refractivity contribution is -0.119. The van der Waals surface area contributed by atoms with Gasteiger partial charge in [-0.05, 0) is 0 Å². The molecule has 0 heterocycles. The fraction of sp³-hybridized carbons (Fsp3) is 0.500. The quantitative estimate of drug-likeness (QED) is 0.575. The number of likely N-dealkylation sites (N-methyl/N-ethyl adjacent to an activating group) is 1. The fourth-order valence-corrected chi connectivity index (χ4v) is 0.491. The Balaban J connectivity index is 3.11. The van der Waals surface area contributed by atoms with Crippen molar-refractivity contribution in [1.29, 1.82) is 0 Å². The molecule has 0 bridgehead atoms. The van der Waals surface area contributed by atoms with E-state index in [9.17, 15) is 4.79 Å². The van der Waals surface area contributed by atoms with Crippen LogP contribution in [0.2, 0.25) is 0 Å². The number of hydrogen-bond donors (Lipinski definition) is 2. The van der Waals surface area contributed by atoms with Crippen LogP contribution in [0.25, 0.3) is 0 Å². The van der Waals surface area contributed by atoms with Gasteiger partial charge in [0.25, 0.3) is 0 Å². The predicted molar refractivity (Wildman–Crippen MR) is 41.9 cm³/mol. The second kappa shape index (κ2) is 6.58. The van der Waals surface area contributed by atoms with Gasteiger partial charge in [0.1, 0.15) is 0 Å². The van der Waals surface area contributed by atoms with Crippen molar-refractivity contribution in [3.05, 3.63) is 11.6 Å². The summed E-state index contributed by atoms with van der Waals surface area (Å²) in [6.07, 6.45) is 1.73. The highest BCUT2D eigenvalue weighted by Gasteiger charge is 1.92. The third-order valence-corrected chi connectivity index (χ3v) is 1.09. The van der Waals surface area contributed by atoms with E-state index in [1.165, 1.54) is 5.54 Å². The lowest BCUT2D eigenvalue weighted by atomic mass is 10.5. The molecule has 0 aromatic rings. The van der Waals surface area contributed by atoms with Crippen LogP contribution in [0.4, 0.5) is 0 Å². The molecule has 0 saturated carbocycles. The van der Waals surface area contributed by atoms with E-state index in [2.05, 4.69) is 10.6 Å². The number of nitrogens with one attached hydrogen (secondary N) is 2. The Labute approximate surface area is 65.4 Å². The highest BCUT2D eigenvalue weighted by atomic mass is 35.5. The van der Waals surface area contributed by atoms with E-state index in [0.29, 0.717) is 13.1 Å². The monoisotopic (exact) mass is 162 g/mol. The normalized spacial score (nSPS) is 10.2. The first-order chi connectivity index (χ1) is 4.81. The van der Waals surface area contributed by atoms with E-state index >= 15 is 0 Å². The lowest BCUT2D eigenvalue weighted by Crippen LogP contribution is -2.31. The first-order valence-corrected chi connectivity index (χ1v) is 3.41. The van der Waals surface area contributed by atoms with Crippen molar-refractivity contribution < 1.29 is 4.79 Å². The van der Waals surface area contributed by atoms with Crippen molar-refractivity contribution >= 4 is 17.5 Å². The molecule has 0 aliphatic carbocycles. The molecular formula is C6H11ClN2O. The first kappa shape index (κ1) is 9.46. The maximum atomic E-state index is 10.5. The van der Waals surface area contributed by atoms with Crippen LogP contribution in [-0.4, -0.2) is 26.0 Å². The summed E-state index contributed by atoms with van der Waals surface area (Å²) < 4.78 is 0. The maximum Gasteiger partial charge on any atom is 0.233 e. The lowest BCUT2D eigenvalue weighted by Gasteiger charge is -1.98. The van der Waals surface area contributed by atoms with Gasteiger partial charge in [-0.1, -0.05) is 17.7 Å². The molecule has 10 heavy (non-hydrogen) atoms. The molecule has 3 nitrogen and oxygen atoms in total. The van der Waals surface area contributed by atoms with Crippen molar-refractivity contribution in [2.45, 2.75) is 0 Å². The number of halogens is 1. The molecule has 0 aromatic heterocycles. The van der Waals surface area contributed by atoms with Crippen LogP contribution in [0.5, 0.6) is 0 Å². The van der Waals surface area contributed by atoms with Crippen LogP contribution in [0, 0.1) is 0 Å². The predicted octanol–water partition coefficient (Wildman–Crippen LogP) is 0.0745. The Bertz CT molecular complexity index is 125. The Kier molecular flexibility index (Phi) is 6.22. The topological polar surface area (TPSA) is 41.1 Å². The third-order valence-electron chi connectivity index (χ3n) is 0.916. The molecule has 0 rings (SSSR count). The van der Waals surface area contributed by atoms with Gasteiger partial charge >= 0.3 is 0 Å². The molecular weight excluding hydrogens is 152 g/mol. The van der Waals surface area contributed by atoms with E-state index < -0.39 is 0 Å². The van der Waals surface area contributed by atoms with Gasteiger partial charge in [-0.2, -0.15) is 0 Å². The van der Waals surface area contributed by atoms with Gasteiger partial charge < -0.3 is 10.6 Å². The summed E-state index contributed by atoms with van der Waals surface area (Å²) in [7, 11) is 1.60. The zero-order chi connectivity index (χ0) is 7.82. The van der Waals surface area contributed by atoms with E-state index in [1.54, 1.807) is 13.1 Å². The Morgan fingerprint density at radius 1 is 1.70 bits per heavy atom. The maximum absolute atomic E-state index is 10.5. The molecule has 0 saturated heterocycles. The minimum atomic E-state index is -0.0250. The van der Waals surface area contributed by atoms with Gasteiger partial charge in [0.05, 0.1) is 6.54 Å². The molecule has 58 valence electrons. The van der Waals surface area contributed by atoms with Crippen molar-refractivity contribution in [3.63, 3.8) is 0 Å². The van der Waals surface area contributed by atoms with Crippen LogP contribution in [0.15, 0.2) is 11.6 Å². The highest BCUT2D eigenvalue weighted by Crippen LogP contribution is 1.74. The summed E-state index contributed by atoms with van der Waals surface area (Å²) in [5.74, 6) is -0.0250. The number of hydrogen-bond acceptors (Lipinski definition) is 2. The summed E-state index contributed by atoms with van der Waals surface area (Å²) in [6.45, 7) is 0.953. The Morgan fingerprint density at radius 3 is 2.90 bits per heavy atom. The molecule has 0 atom stereocenters. The van der Waals surface area contributed by atoms with Crippen LogP contribution < -0.4 is 10.6 Å². The standard InChI is InChI=1S/C6H11ClN2O/c1-8-6(10)5-9-4-2-3-7/h2-3,9H,4-5H2,1H3,(H,8,10)/b3-2+. The van der Waals surface area contributed by atoms with Gasteiger partial charge in [-0.15, -0.1) is 0 Å². The molecule has 4 heteroatoms. The van der Waals surface area contributed by atoms with Gasteiger partial charge in [-0.3, -0.25) is 4.79 Å². The largest absolute Gasteiger partial charge is 0.358 e. The third kappa shape index (κ3) is 5.59. The smallest absolute Gasteiger partial charge is 0.233 e. The number of carbonyl (C=O) groups excluding carboxylic acids is 1. The summed E-state index contributed by atoms with van der Waals surface area (Å²) in [5, 5.41) is 5.34.